The summed E-state index contributed by atoms with van der Waals surface area (Å²) in [5.74, 6) is 2.44. The molecule has 0 amide bonds. The number of rotatable bonds is 1. The zero-order chi connectivity index (χ0) is 5.11. The summed E-state index contributed by atoms with van der Waals surface area (Å²) in [5, 5.41) is 8.52. The molecule has 0 aromatic heterocycles. The summed E-state index contributed by atoms with van der Waals surface area (Å²) in [6, 6.07) is 0. The van der Waals surface area contributed by atoms with Crippen molar-refractivity contribution in [1.29, 1.82) is 0 Å². The Morgan fingerprint density at radius 2 is 1.88 bits per heavy atom. The summed E-state index contributed by atoms with van der Waals surface area (Å²) < 4.78 is 0.486. The fourth-order valence-corrected chi connectivity index (χ4v) is 2.98. The molecule has 1 N–H and O–H groups in total. The van der Waals surface area contributed by atoms with Crippen molar-refractivity contribution in [3.8, 4) is 0 Å². The van der Waals surface area contributed by atoms with Crippen LogP contribution in [0.3, 0.4) is 0 Å². The van der Waals surface area contributed by atoms with Crippen molar-refractivity contribution in [3.63, 3.8) is 0 Å². The Kier molecular flexibility index (Phi) is 4.90. The second-order valence-electron chi connectivity index (χ2n) is 1.35. The Labute approximate surface area is 59.2 Å². The van der Waals surface area contributed by atoms with E-state index in [1.54, 1.807) is 0 Å². The van der Waals surface area contributed by atoms with Gasteiger partial charge in [-0.25, -0.2) is 0 Å². The van der Waals surface area contributed by atoms with Crippen LogP contribution in [-0.4, -0.2) is 27.8 Å². The standard InChI is InChI=1S/C4H8OS2.CH4/c5-3-4-6-1-2-7-4;/h4-5H,1-3H2;1H4. The Morgan fingerprint density at radius 1 is 1.38 bits per heavy atom. The summed E-state index contributed by atoms with van der Waals surface area (Å²) in [6.45, 7) is 0.343. The van der Waals surface area contributed by atoms with E-state index in [-0.39, 0.29) is 7.43 Å². The number of hydrogen-bond donors (Lipinski definition) is 1. The average molecular weight is 152 g/mol. The van der Waals surface area contributed by atoms with Gasteiger partial charge in [0.1, 0.15) is 0 Å². The van der Waals surface area contributed by atoms with E-state index >= 15 is 0 Å². The molecule has 0 saturated carbocycles. The molecule has 1 nitrogen and oxygen atoms in total. The lowest BCUT2D eigenvalue weighted by molar-refractivity contribution is 0.316. The highest BCUT2D eigenvalue weighted by Gasteiger charge is 2.13. The van der Waals surface area contributed by atoms with Crippen molar-refractivity contribution < 1.29 is 5.11 Å². The molecule has 1 aliphatic rings. The smallest absolute Gasteiger partial charge is 0.0733 e. The highest BCUT2D eigenvalue weighted by atomic mass is 32.2. The molecule has 8 heavy (non-hydrogen) atoms. The quantitative estimate of drug-likeness (QED) is 0.613. The fraction of sp³-hybridized carbons (Fsp3) is 1.00. The Bertz CT molecular complexity index is 52.4. The zero-order valence-corrected chi connectivity index (χ0v) is 5.60. The SMILES string of the molecule is C.OCC1SCCS1. The molecular weight excluding hydrogens is 140 g/mol. The Hall–Kier alpha value is 0.660. The molecule has 0 atom stereocenters. The van der Waals surface area contributed by atoms with Gasteiger partial charge >= 0.3 is 0 Å². The van der Waals surface area contributed by atoms with Gasteiger partial charge in [0.15, 0.2) is 0 Å². The summed E-state index contributed by atoms with van der Waals surface area (Å²) in [6.07, 6.45) is 0. The first-order valence-corrected chi connectivity index (χ1v) is 4.37. The second-order valence-corrected chi connectivity index (χ2v) is 4.27. The molecule has 1 rings (SSSR count). The highest BCUT2D eigenvalue weighted by Crippen LogP contribution is 2.30. The van der Waals surface area contributed by atoms with E-state index in [1.807, 2.05) is 23.5 Å². The lowest BCUT2D eigenvalue weighted by Crippen LogP contribution is -1.96. The second kappa shape index (κ2) is 4.53. The van der Waals surface area contributed by atoms with Gasteiger partial charge in [-0.3, -0.25) is 0 Å². The first kappa shape index (κ1) is 8.66. The van der Waals surface area contributed by atoms with E-state index in [2.05, 4.69) is 0 Å². The van der Waals surface area contributed by atoms with Crippen molar-refractivity contribution in [3.05, 3.63) is 0 Å². The van der Waals surface area contributed by atoms with Gasteiger partial charge in [-0.15, -0.1) is 23.5 Å². The molecule has 0 radical (unpaired) electrons. The van der Waals surface area contributed by atoms with Gasteiger partial charge in [0.05, 0.1) is 11.2 Å². The summed E-state index contributed by atoms with van der Waals surface area (Å²) in [7, 11) is 0. The molecule has 0 spiro atoms. The van der Waals surface area contributed by atoms with E-state index in [0.717, 1.165) is 0 Å². The summed E-state index contributed by atoms with van der Waals surface area (Å²) in [5.41, 5.74) is 0. The summed E-state index contributed by atoms with van der Waals surface area (Å²) in [4.78, 5) is 0. The molecule has 0 unspecified atom stereocenters. The minimum atomic E-state index is 0. The van der Waals surface area contributed by atoms with E-state index < -0.39 is 0 Å². The predicted octanol–water partition coefficient (Wildman–Crippen LogP) is 1.42. The summed E-state index contributed by atoms with van der Waals surface area (Å²) >= 11 is 3.71. The first-order valence-electron chi connectivity index (χ1n) is 2.27. The number of hydrogen-bond acceptors (Lipinski definition) is 3. The molecule has 0 aromatic rings. The van der Waals surface area contributed by atoms with E-state index in [9.17, 15) is 0 Å². The van der Waals surface area contributed by atoms with Gasteiger partial charge in [-0.05, 0) is 0 Å². The van der Waals surface area contributed by atoms with Crippen LogP contribution in [0.1, 0.15) is 7.43 Å². The minimum absolute atomic E-state index is 0. The van der Waals surface area contributed by atoms with Crippen LogP contribution in [-0.2, 0) is 0 Å². The van der Waals surface area contributed by atoms with Crippen LogP contribution < -0.4 is 0 Å². The normalized spacial score (nSPS) is 20.6. The van der Waals surface area contributed by atoms with Crippen molar-refractivity contribution >= 4 is 23.5 Å². The van der Waals surface area contributed by atoms with Crippen LogP contribution in [0.4, 0.5) is 0 Å². The van der Waals surface area contributed by atoms with E-state index in [1.165, 1.54) is 11.5 Å². The maximum Gasteiger partial charge on any atom is 0.0733 e. The van der Waals surface area contributed by atoms with Crippen LogP contribution in [0, 0.1) is 0 Å². The van der Waals surface area contributed by atoms with Crippen molar-refractivity contribution in [2.45, 2.75) is 12.0 Å². The molecule has 1 fully saturated rings. The lowest BCUT2D eigenvalue weighted by Gasteiger charge is -1.97. The zero-order valence-electron chi connectivity index (χ0n) is 3.96. The van der Waals surface area contributed by atoms with E-state index in [0.29, 0.717) is 11.2 Å². The molecule has 50 valence electrons. The predicted molar refractivity (Wildman–Crippen MR) is 42.5 cm³/mol. The Balaban J connectivity index is 0.000000490. The van der Waals surface area contributed by atoms with Crippen LogP contribution in [0.2, 0.25) is 0 Å². The monoisotopic (exact) mass is 152 g/mol. The van der Waals surface area contributed by atoms with Gasteiger partial charge in [-0.2, -0.15) is 0 Å². The van der Waals surface area contributed by atoms with Gasteiger partial charge in [0.2, 0.25) is 0 Å². The van der Waals surface area contributed by atoms with Gasteiger partial charge in [0.25, 0.3) is 0 Å². The third kappa shape index (κ3) is 2.29. The van der Waals surface area contributed by atoms with Crippen LogP contribution in [0.15, 0.2) is 0 Å². The van der Waals surface area contributed by atoms with Crippen LogP contribution in [0.25, 0.3) is 0 Å². The van der Waals surface area contributed by atoms with Crippen molar-refractivity contribution in [2.24, 2.45) is 0 Å². The Morgan fingerprint density at radius 3 is 2.12 bits per heavy atom. The maximum absolute atomic E-state index is 8.52. The van der Waals surface area contributed by atoms with Gasteiger partial charge in [-0.1, -0.05) is 7.43 Å². The maximum atomic E-state index is 8.52. The van der Waals surface area contributed by atoms with Crippen LogP contribution in [0.5, 0.6) is 0 Å². The number of aliphatic hydroxyl groups is 1. The fourth-order valence-electron chi connectivity index (χ4n) is 0.513. The van der Waals surface area contributed by atoms with Gasteiger partial charge in [0, 0.05) is 11.5 Å². The van der Waals surface area contributed by atoms with Crippen LogP contribution >= 0.6 is 23.5 Å². The third-order valence-corrected chi connectivity index (χ3v) is 3.84. The van der Waals surface area contributed by atoms with Crippen molar-refractivity contribution in [1.82, 2.24) is 0 Å². The van der Waals surface area contributed by atoms with E-state index in [4.69, 9.17) is 5.11 Å². The molecule has 1 heterocycles. The topological polar surface area (TPSA) is 20.2 Å². The average Bonchev–Trinajstić information content (AvgIpc) is 2.14. The lowest BCUT2D eigenvalue weighted by atomic mass is 10.9. The highest BCUT2D eigenvalue weighted by molar-refractivity contribution is 8.20. The molecule has 0 bridgehead atoms. The third-order valence-electron chi connectivity index (χ3n) is 0.840. The van der Waals surface area contributed by atoms with Crippen molar-refractivity contribution in [2.75, 3.05) is 18.1 Å². The minimum Gasteiger partial charge on any atom is -0.394 e. The number of thioether (sulfide) groups is 2. The largest absolute Gasteiger partial charge is 0.394 e. The molecule has 1 saturated heterocycles. The molecule has 3 heteroatoms. The molecule has 0 aromatic carbocycles. The number of aliphatic hydroxyl groups excluding tert-OH is 1. The molecular formula is C5H12OS2. The van der Waals surface area contributed by atoms with Gasteiger partial charge < -0.3 is 5.11 Å². The first-order chi connectivity index (χ1) is 3.43. The molecule has 0 aliphatic carbocycles. The molecule has 1 aliphatic heterocycles.